The van der Waals surface area contributed by atoms with Gasteiger partial charge in [-0.3, -0.25) is 28.1 Å². The predicted molar refractivity (Wildman–Crippen MR) is 523 cm³/mol. The summed E-state index contributed by atoms with van der Waals surface area (Å²) in [6.07, 6.45) is 9.11. The maximum absolute atomic E-state index is 6.57. The highest BCUT2D eigenvalue weighted by atomic mass is 32.1. The lowest BCUT2D eigenvalue weighted by atomic mass is 9.86. The number of nitrogens with one attached hydrogen (secondary N) is 1. The molecule has 26 aromatic rings. The van der Waals surface area contributed by atoms with Gasteiger partial charge >= 0.3 is 0 Å². The van der Waals surface area contributed by atoms with Crippen LogP contribution >= 0.6 is 22.7 Å². The van der Waals surface area contributed by atoms with Crippen molar-refractivity contribution in [2.45, 2.75) is 6.35 Å². The Hall–Kier alpha value is -16.7. The van der Waals surface area contributed by atoms with Crippen molar-refractivity contribution in [2.24, 2.45) is 0 Å². The minimum atomic E-state index is -0.378. The maximum atomic E-state index is 6.57. The second-order valence-corrected chi connectivity index (χ2v) is 34.1. The van der Waals surface area contributed by atoms with Gasteiger partial charge in [0.05, 0.1) is 82.5 Å². The van der Waals surface area contributed by atoms with Crippen molar-refractivity contribution in [2.75, 3.05) is 10.2 Å². The van der Waals surface area contributed by atoms with Gasteiger partial charge in [0.25, 0.3) is 6.35 Å². The van der Waals surface area contributed by atoms with E-state index in [1.54, 1.807) is 35.1 Å². The second kappa shape index (κ2) is 29.0. The van der Waals surface area contributed by atoms with Gasteiger partial charge in [0.1, 0.15) is 33.5 Å². The smallest absolute Gasteiger partial charge is 0.255 e. The summed E-state index contributed by atoms with van der Waals surface area (Å²) in [5.41, 5.74) is 30.5. The lowest BCUT2D eigenvalue weighted by Gasteiger charge is -2.20. The first-order chi connectivity index (χ1) is 63.0. The summed E-state index contributed by atoms with van der Waals surface area (Å²) in [6, 6.07) is 128. The van der Waals surface area contributed by atoms with Crippen LogP contribution in [0.1, 0.15) is 0 Å². The van der Waals surface area contributed by atoms with Gasteiger partial charge in [0.2, 0.25) is 0 Å². The fourth-order valence-electron chi connectivity index (χ4n) is 19.3. The molecule has 0 amide bonds. The van der Waals surface area contributed by atoms with Crippen LogP contribution in [-0.4, -0.2) is 59.4 Å². The number of imidazole rings is 3. The first kappa shape index (κ1) is 72.0. The maximum Gasteiger partial charge on any atom is 0.255 e. The number of hydrogen-bond donors (Lipinski definition) is 1. The Labute approximate surface area is 733 Å². The molecule has 1 N–H and O–H groups in total. The van der Waals surface area contributed by atoms with Crippen molar-refractivity contribution >= 4 is 174 Å². The number of thiazole rings is 2. The Morgan fingerprint density at radius 2 is 0.850 bits per heavy atom. The van der Waals surface area contributed by atoms with Gasteiger partial charge < -0.3 is 10.1 Å². The van der Waals surface area contributed by atoms with Gasteiger partial charge in [0.15, 0.2) is 9.92 Å². The standard InChI is InChI=1S/C41H26N4O.C39H23N5S.C31H18N4S/c1-2-11-25(12-3-1)36-28-14-4-6-16-30(28)37(31-17-7-5-15-29(31)36)26-20-21-35-34(23-26)45-40-38(27-13-10-22-42-24-27)43-33-19-9-8-18-32(33)39(40)44-41(45)46-35;1-2-10-24(11-3-1)34-37(43-21-9-8-16-33(43)41-34)28-20-18-25-22-27(19-17-26(25)23-28)35-38-36(29-12-4-5-13-30(29)40-35)42-39-44(38)31-14-6-7-15-32(31)45-39;1-2-10-22-19(7-1)8-5-12-23(22)28-30-29(24-11-3-4-13-25(24)33-28)34-31-35(30)26-17-20(14-15-27(26)36-31)21-9-6-16-32-18-21/h1-24,41,44H;1-23H;1-18H. The fraction of sp³-hybridized carbons (Fsp3) is 0.00901. The average molecular weight is 1660 g/mol. The number of rotatable bonds is 8. The molecule has 0 fully saturated rings. The van der Waals surface area contributed by atoms with E-state index in [4.69, 9.17) is 34.6 Å². The third-order valence-electron chi connectivity index (χ3n) is 24.9. The molecule has 11 aromatic heterocycles. The molecular weight excluding hydrogens is 1600 g/mol. The van der Waals surface area contributed by atoms with Crippen LogP contribution < -0.4 is 15.0 Å². The van der Waals surface area contributed by atoms with E-state index in [-0.39, 0.29) is 6.35 Å². The molecular formula is C111H67N13OS2. The minimum absolute atomic E-state index is 0.378. The highest BCUT2D eigenvalue weighted by Gasteiger charge is 2.43. The zero-order valence-corrected chi connectivity index (χ0v) is 69.3. The zero-order chi connectivity index (χ0) is 83.3. The molecule has 127 heavy (non-hydrogen) atoms. The molecule has 594 valence electrons. The molecule has 0 saturated heterocycles. The molecule has 16 heteroatoms. The Morgan fingerprint density at radius 3 is 1.55 bits per heavy atom. The normalized spacial score (nSPS) is 12.9. The predicted octanol–water partition coefficient (Wildman–Crippen LogP) is 28.4. The Bertz CT molecular complexity index is 8950. The summed E-state index contributed by atoms with van der Waals surface area (Å²) >= 11 is 3.44. The summed E-state index contributed by atoms with van der Waals surface area (Å²) in [5, 5.41) is 16.5. The number of nitrogens with zero attached hydrogens (tertiary/aromatic N) is 12. The number of aromatic nitrogens is 11. The van der Waals surface area contributed by atoms with Gasteiger partial charge in [-0.15, -0.1) is 0 Å². The van der Waals surface area contributed by atoms with E-state index in [1.165, 1.54) is 58.4 Å². The van der Waals surface area contributed by atoms with Crippen LogP contribution in [0, 0.1) is 0 Å². The second-order valence-electron chi connectivity index (χ2n) is 32.1. The van der Waals surface area contributed by atoms with E-state index >= 15 is 0 Å². The van der Waals surface area contributed by atoms with Gasteiger partial charge in [-0.2, -0.15) is 0 Å². The van der Waals surface area contributed by atoms with Gasteiger partial charge in [-0.1, -0.05) is 290 Å². The molecule has 28 rings (SSSR count). The molecule has 15 aromatic carbocycles. The topological polar surface area (TPSA) is 141 Å². The van der Waals surface area contributed by atoms with Crippen molar-refractivity contribution in [3.8, 4) is 95.4 Å². The monoisotopic (exact) mass is 1660 g/mol. The molecule has 14 nitrogen and oxygen atoms in total. The van der Waals surface area contributed by atoms with Crippen LogP contribution in [0.5, 0.6) is 5.75 Å². The molecule has 0 saturated carbocycles. The first-order valence-corrected chi connectivity index (χ1v) is 44.0. The van der Waals surface area contributed by atoms with Gasteiger partial charge in [-0.25, -0.2) is 29.9 Å². The molecule has 0 radical (unpaired) electrons. The van der Waals surface area contributed by atoms with Crippen molar-refractivity contribution in [3.63, 3.8) is 0 Å². The molecule has 0 spiro atoms. The number of hydrogen-bond acceptors (Lipinski definition) is 13. The summed E-state index contributed by atoms with van der Waals surface area (Å²) in [6.45, 7) is 0. The van der Waals surface area contributed by atoms with E-state index in [9.17, 15) is 0 Å². The highest BCUT2D eigenvalue weighted by Crippen LogP contribution is 2.56. The summed E-state index contributed by atoms with van der Waals surface area (Å²) < 4.78 is 15.7. The van der Waals surface area contributed by atoms with Crippen LogP contribution in [0.2, 0.25) is 0 Å². The van der Waals surface area contributed by atoms with Crippen LogP contribution in [0.4, 0.5) is 17.1 Å². The summed E-state index contributed by atoms with van der Waals surface area (Å²) in [7, 11) is 0. The SMILES string of the molecule is c1ccc(-c2c3ccccc3c(-c3ccc4c(c3)N3c5c(-c6cccnc6)nc6ccccc6c5NC3O4)c3ccccc23)cc1.c1ccc(-c2nc3ccccn3c2-c2ccc3cc(-c4nc5ccccc5c5nc6sc7ccccc7n6c45)ccc3c2)cc1.c1cncc(-c2ccc3sc4nc5c6ccccc6nc(-c6cccc7ccccc67)c5n4c3c2)c1. The number of pyridine rings is 6. The lowest BCUT2D eigenvalue weighted by molar-refractivity contribution is 0.271. The number of para-hydroxylation sites is 4. The number of ether oxygens (including phenoxy) is 1. The zero-order valence-electron chi connectivity index (χ0n) is 67.7. The number of anilines is 3. The van der Waals surface area contributed by atoms with Crippen LogP contribution in [0.15, 0.2) is 395 Å². The minimum Gasteiger partial charge on any atom is -0.450 e. The molecule has 0 bridgehead atoms. The van der Waals surface area contributed by atoms with Gasteiger partial charge in [0, 0.05) is 80.5 Å². The largest absolute Gasteiger partial charge is 0.450 e. The molecule has 2 aliphatic rings. The van der Waals surface area contributed by atoms with E-state index in [1.807, 2.05) is 54.9 Å². The van der Waals surface area contributed by atoms with Crippen LogP contribution in [0.25, 0.3) is 224 Å². The molecule has 1 unspecified atom stereocenters. The van der Waals surface area contributed by atoms with E-state index in [0.29, 0.717) is 0 Å². The third-order valence-corrected chi connectivity index (χ3v) is 27.0. The van der Waals surface area contributed by atoms with Crippen molar-refractivity contribution < 1.29 is 4.74 Å². The van der Waals surface area contributed by atoms with Crippen molar-refractivity contribution in [1.82, 2.24) is 53.1 Å². The summed E-state index contributed by atoms with van der Waals surface area (Å²) in [5.74, 6) is 0.840. The van der Waals surface area contributed by atoms with Crippen molar-refractivity contribution in [3.05, 3.63) is 395 Å². The fourth-order valence-corrected chi connectivity index (χ4v) is 21.3. The van der Waals surface area contributed by atoms with E-state index < -0.39 is 0 Å². The highest BCUT2D eigenvalue weighted by molar-refractivity contribution is 7.24. The average Bonchev–Trinajstić information content (AvgIpc) is 1.61. The van der Waals surface area contributed by atoms with E-state index in [2.05, 4.69) is 361 Å². The quantitative estimate of drug-likeness (QED) is 0.145. The lowest BCUT2D eigenvalue weighted by Crippen LogP contribution is -2.31. The Kier molecular flexibility index (Phi) is 16.4. The number of benzene rings is 15. The van der Waals surface area contributed by atoms with Crippen molar-refractivity contribution in [1.29, 1.82) is 0 Å². The Balaban J connectivity index is 0.000000102. The molecule has 1 atom stereocenters. The van der Waals surface area contributed by atoms with E-state index in [0.717, 1.165) is 188 Å². The molecule has 0 aliphatic carbocycles. The third kappa shape index (κ3) is 11.6. The number of fused-ring (bicyclic) bond motifs is 26. The molecule has 13 heterocycles. The van der Waals surface area contributed by atoms with Crippen LogP contribution in [0.3, 0.4) is 0 Å². The van der Waals surface area contributed by atoms with Crippen LogP contribution in [-0.2, 0) is 0 Å². The molecule has 2 aliphatic heterocycles. The Morgan fingerprint density at radius 1 is 0.323 bits per heavy atom. The van der Waals surface area contributed by atoms with Gasteiger partial charge in [-0.05, 0) is 168 Å². The summed E-state index contributed by atoms with van der Waals surface area (Å²) in [4.78, 5) is 44.0. The first-order valence-electron chi connectivity index (χ1n) is 42.3.